The summed E-state index contributed by atoms with van der Waals surface area (Å²) in [6, 6.07) is 7.49. The van der Waals surface area contributed by atoms with E-state index in [4.69, 9.17) is 0 Å². The predicted octanol–water partition coefficient (Wildman–Crippen LogP) is 2.03. The van der Waals surface area contributed by atoms with E-state index in [9.17, 15) is 9.90 Å². The molecule has 1 N–H and O–H groups in total. The van der Waals surface area contributed by atoms with Crippen molar-refractivity contribution < 1.29 is 9.90 Å². The molecule has 24 heavy (non-hydrogen) atoms. The number of piperidine rings is 1. The van der Waals surface area contributed by atoms with Crippen LogP contribution in [-0.4, -0.2) is 49.9 Å². The van der Waals surface area contributed by atoms with Gasteiger partial charge in [-0.3, -0.25) is 4.79 Å². The molecule has 2 heterocycles. The number of rotatable bonds is 2. The normalized spacial score (nSPS) is 26.9. The molecule has 1 amide bonds. The Morgan fingerprint density at radius 1 is 1.25 bits per heavy atom. The number of aliphatic hydroxyl groups excluding tert-OH is 1. The fourth-order valence-electron chi connectivity index (χ4n) is 4.29. The van der Waals surface area contributed by atoms with Gasteiger partial charge in [-0.05, 0) is 37.8 Å². The van der Waals surface area contributed by atoms with Gasteiger partial charge in [0.1, 0.15) is 12.7 Å². The highest BCUT2D eigenvalue weighted by molar-refractivity contribution is 5.97. The second-order valence-corrected chi connectivity index (χ2v) is 6.96. The van der Waals surface area contributed by atoms with Crippen LogP contribution in [0.15, 0.2) is 36.9 Å². The molecule has 2 aliphatic rings. The number of likely N-dealkylation sites (tertiary alicyclic amines) is 1. The van der Waals surface area contributed by atoms with Crippen molar-refractivity contribution in [3.8, 4) is 5.69 Å². The number of para-hydroxylation sites is 1. The lowest BCUT2D eigenvalue weighted by molar-refractivity contribution is -0.00536. The maximum absolute atomic E-state index is 13.1. The second-order valence-electron chi connectivity index (χ2n) is 6.96. The molecule has 1 saturated heterocycles. The van der Waals surface area contributed by atoms with Crippen molar-refractivity contribution in [2.45, 2.75) is 38.2 Å². The Hall–Kier alpha value is -2.21. The fourth-order valence-corrected chi connectivity index (χ4v) is 4.29. The number of hydrogen-bond acceptors (Lipinski definition) is 4. The maximum atomic E-state index is 13.1. The van der Waals surface area contributed by atoms with Gasteiger partial charge in [0.05, 0.1) is 17.4 Å². The van der Waals surface area contributed by atoms with Crippen LogP contribution in [0.5, 0.6) is 0 Å². The molecule has 1 aromatic carbocycles. The van der Waals surface area contributed by atoms with Crippen LogP contribution in [0.3, 0.4) is 0 Å². The van der Waals surface area contributed by atoms with Crippen LogP contribution >= 0.6 is 0 Å². The average Bonchev–Trinajstić information content (AvgIpc) is 3.26. The quantitative estimate of drug-likeness (QED) is 0.917. The highest BCUT2D eigenvalue weighted by Gasteiger charge is 2.45. The minimum atomic E-state index is -0.279. The zero-order chi connectivity index (χ0) is 16.6. The van der Waals surface area contributed by atoms with Gasteiger partial charge in [0.25, 0.3) is 5.91 Å². The van der Waals surface area contributed by atoms with Crippen molar-refractivity contribution in [2.75, 3.05) is 13.1 Å². The third kappa shape index (κ3) is 2.51. The minimum absolute atomic E-state index is 0.0132. The van der Waals surface area contributed by atoms with E-state index >= 15 is 0 Å². The Balaban J connectivity index is 1.63. The zero-order valence-electron chi connectivity index (χ0n) is 13.6. The maximum Gasteiger partial charge on any atom is 0.256 e. The molecule has 0 unspecified atom stereocenters. The summed E-state index contributed by atoms with van der Waals surface area (Å²) in [6.07, 6.45) is 7.69. The van der Waals surface area contributed by atoms with Crippen LogP contribution in [-0.2, 0) is 0 Å². The van der Waals surface area contributed by atoms with Crippen LogP contribution in [0.1, 0.15) is 42.5 Å². The molecule has 0 bridgehead atoms. The van der Waals surface area contributed by atoms with E-state index in [-0.39, 0.29) is 17.4 Å². The van der Waals surface area contributed by atoms with Crippen molar-refractivity contribution in [2.24, 2.45) is 5.41 Å². The number of amides is 1. The van der Waals surface area contributed by atoms with Crippen molar-refractivity contribution in [3.63, 3.8) is 0 Å². The van der Waals surface area contributed by atoms with E-state index in [2.05, 4.69) is 10.1 Å². The number of carbonyl (C=O) groups excluding carboxylic acids is 1. The first-order chi connectivity index (χ1) is 11.7. The molecular weight excluding hydrogens is 304 g/mol. The summed E-state index contributed by atoms with van der Waals surface area (Å²) in [5.74, 6) is 0.0132. The molecule has 1 aliphatic carbocycles. The van der Waals surface area contributed by atoms with Gasteiger partial charge in [0.2, 0.25) is 0 Å². The highest BCUT2D eigenvalue weighted by atomic mass is 16.3. The number of aromatic nitrogens is 3. The Morgan fingerprint density at radius 2 is 2.08 bits per heavy atom. The van der Waals surface area contributed by atoms with Crippen LogP contribution in [0.4, 0.5) is 0 Å². The SMILES string of the molecule is O=C(c1ccccc1-n1cncn1)N1CCC[C@]2(CCC[C@H]2O)C1. The Bertz CT molecular complexity index is 730. The summed E-state index contributed by atoms with van der Waals surface area (Å²) in [6.45, 7) is 1.40. The van der Waals surface area contributed by atoms with Crippen molar-refractivity contribution in [1.82, 2.24) is 19.7 Å². The average molecular weight is 326 g/mol. The molecule has 1 spiro atoms. The lowest BCUT2D eigenvalue weighted by Crippen LogP contribution is -2.49. The third-order valence-electron chi connectivity index (χ3n) is 5.55. The van der Waals surface area contributed by atoms with Gasteiger partial charge in [-0.25, -0.2) is 9.67 Å². The summed E-state index contributed by atoms with van der Waals surface area (Å²) in [5, 5.41) is 14.6. The van der Waals surface area contributed by atoms with E-state index in [0.29, 0.717) is 12.1 Å². The first-order valence-electron chi connectivity index (χ1n) is 8.61. The standard InChI is InChI=1S/C18H22N4O2/c23-16-7-3-8-18(16)9-4-10-21(11-18)17(24)14-5-1-2-6-15(14)22-13-19-12-20-22/h1-2,5-6,12-13,16,23H,3-4,7-11H2/t16-,18-/m1/s1. The van der Waals surface area contributed by atoms with Crippen LogP contribution in [0, 0.1) is 5.41 Å². The summed E-state index contributed by atoms with van der Waals surface area (Å²) in [7, 11) is 0. The minimum Gasteiger partial charge on any atom is -0.392 e. The molecular formula is C18H22N4O2. The number of hydrogen-bond donors (Lipinski definition) is 1. The molecule has 4 rings (SSSR count). The fraction of sp³-hybridized carbons (Fsp3) is 0.500. The molecule has 1 aromatic heterocycles. The van der Waals surface area contributed by atoms with Crippen molar-refractivity contribution in [1.29, 1.82) is 0 Å². The van der Waals surface area contributed by atoms with Gasteiger partial charge >= 0.3 is 0 Å². The number of nitrogens with zero attached hydrogens (tertiary/aromatic N) is 4. The Morgan fingerprint density at radius 3 is 2.83 bits per heavy atom. The smallest absolute Gasteiger partial charge is 0.256 e. The van der Waals surface area contributed by atoms with Gasteiger partial charge in [0, 0.05) is 18.5 Å². The molecule has 2 atom stereocenters. The van der Waals surface area contributed by atoms with Crippen LogP contribution in [0.25, 0.3) is 5.69 Å². The second kappa shape index (κ2) is 6.02. The zero-order valence-corrected chi connectivity index (χ0v) is 13.6. The van der Waals surface area contributed by atoms with Crippen molar-refractivity contribution in [3.05, 3.63) is 42.5 Å². The van der Waals surface area contributed by atoms with Gasteiger partial charge in [-0.2, -0.15) is 5.10 Å². The topological polar surface area (TPSA) is 71.2 Å². The van der Waals surface area contributed by atoms with Crippen LogP contribution < -0.4 is 0 Å². The van der Waals surface area contributed by atoms with E-state index in [0.717, 1.165) is 44.3 Å². The highest BCUT2D eigenvalue weighted by Crippen LogP contribution is 2.45. The van der Waals surface area contributed by atoms with Crippen LogP contribution in [0.2, 0.25) is 0 Å². The number of benzene rings is 1. The van der Waals surface area contributed by atoms with Crippen molar-refractivity contribution >= 4 is 5.91 Å². The largest absolute Gasteiger partial charge is 0.392 e. The summed E-state index contributed by atoms with van der Waals surface area (Å²) in [4.78, 5) is 19.0. The number of aliphatic hydroxyl groups is 1. The molecule has 0 radical (unpaired) electrons. The third-order valence-corrected chi connectivity index (χ3v) is 5.55. The summed E-state index contributed by atoms with van der Waals surface area (Å²) in [5.41, 5.74) is 1.27. The molecule has 126 valence electrons. The van der Waals surface area contributed by atoms with E-state index in [1.165, 1.54) is 6.33 Å². The van der Waals surface area contributed by atoms with E-state index < -0.39 is 0 Å². The molecule has 2 fully saturated rings. The van der Waals surface area contributed by atoms with E-state index in [1.807, 2.05) is 29.2 Å². The Labute approximate surface area is 141 Å². The predicted molar refractivity (Wildman–Crippen MR) is 88.8 cm³/mol. The molecule has 1 aliphatic heterocycles. The first kappa shape index (κ1) is 15.3. The summed E-state index contributed by atoms with van der Waals surface area (Å²) >= 11 is 0. The lowest BCUT2D eigenvalue weighted by atomic mass is 9.76. The first-order valence-corrected chi connectivity index (χ1v) is 8.61. The van der Waals surface area contributed by atoms with Gasteiger partial charge < -0.3 is 10.0 Å². The van der Waals surface area contributed by atoms with Gasteiger partial charge in [-0.15, -0.1) is 0 Å². The van der Waals surface area contributed by atoms with E-state index in [1.54, 1.807) is 11.0 Å². The lowest BCUT2D eigenvalue weighted by Gasteiger charge is -2.42. The Kier molecular flexibility index (Phi) is 3.84. The summed E-state index contributed by atoms with van der Waals surface area (Å²) < 4.78 is 1.62. The molecule has 6 heteroatoms. The number of carbonyl (C=O) groups is 1. The van der Waals surface area contributed by atoms with Gasteiger partial charge in [-0.1, -0.05) is 18.6 Å². The monoisotopic (exact) mass is 326 g/mol. The molecule has 1 saturated carbocycles. The molecule has 2 aromatic rings. The molecule has 6 nitrogen and oxygen atoms in total. The van der Waals surface area contributed by atoms with Gasteiger partial charge in [0.15, 0.2) is 0 Å².